The minimum absolute atomic E-state index is 0.0160. The maximum atomic E-state index is 12.1. The Kier molecular flexibility index (Phi) is 4.25. The van der Waals surface area contributed by atoms with Gasteiger partial charge in [-0.25, -0.2) is 8.42 Å². The molecule has 1 rings (SSSR count). The molecule has 5 nitrogen and oxygen atoms in total. The lowest BCUT2D eigenvalue weighted by Crippen LogP contribution is -2.32. The summed E-state index contributed by atoms with van der Waals surface area (Å²) in [6.45, 7) is 1.65. The molecule has 0 fully saturated rings. The molecule has 0 saturated carbocycles. The first-order valence-corrected chi connectivity index (χ1v) is 6.68. The van der Waals surface area contributed by atoms with Crippen molar-refractivity contribution in [3.63, 3.8) is 0 Å². The summed E-state index contributed by atoms with van der Waals surface area (Å²) in [5.74, 6) is -1.36. The SMILES string of the molecule is Cc1ccccc1S(=O)(=O)C(CCN)C(=O)O. The van der Waals surface area contributed by atoms with Crippen molar-refractivity contribution in [2.75, 3.05) is 6.54 Å². The van der Waals surface area contributed by atoms with Gasteiger partial charge >= 0.3 is 5.97 Å². The summed E-state index contributed by atoms with van der Waals surface area (Å²) < 4.78 is 24.3. The lowest BCUT2D eigenvalue weighted by Gasteiger charge is -2.14. The highest BCUT2D eigenvalue weighted by Crippen LogP contribution is 2.21. The molecule has 94 valence electrons. The highest BCUT2D eigenvalue weighted by molar-refractivity contribution is 7.92. The molecule has 0 bridgehead atoms. The van der Waals surface area contributed by atoms with E-state index >= 15 is 0 Å². The standard InChI is InChI=1S/C11H15NO4S/c1-8-4-2-3-5-9(8)17(15,16)10(6-7-12)11(13)14/h2-5,10H,6-7,12H2,1H3,(H,13,14). The van der Waals surface area contributed by atoms with Gasteiger partial charge < -0.3 is 10.8 Å². The van der Waals surface area contributed by atoms with Gasteiger partial charge in [0.2, 0.25) is 0 Å². The van der Waals surface area contributed by atoms with Gasteiger partial charge in [0.25, 0.3) is 0 Å². The van der Waals surface area contributed by atoms with Crippen LogP contribution in [0.1, 0.15) is 12.0 Å². The number of carboxylic acid groups (broad SMARTS) is 1. The van der Waals surface area contributed by atoms with Crippen molar-refractivity contribution in [3.05, 3.63) is 29.8 Å². The Hall–Kier alpha value is -1.40. The van der Waals surface area contributed by atoms with Crippen molar-refractivity contribution in [3.8, 4) is 0 Å². The number of sulfone groups is 1. The van der Waals surface area contributed by atoms with Crippen LogP contribution >= 0.6 is 0 Å². The molecule has 17 heavy (non-hydrogen) atoms. The molecule has 1 unspecified atom stereocenters. The Morgan fingerprint density at radius 3 is 2.47 bits per heavy atom. The van der Waals surface area contributed by atoms with Crippen molar-refractivity contribution >= 4 is 15.8 Å². The average molecular weight is 257 g/mol. The van der Waals surface area contributed by atoms with Crippen LogP contribution in [0, 0.1) is 6.92 Å². The molecule has 0 aliphatic rings. The first-order valence-electron chi connectivity index (χ1n) is 5.13. The molecular weight excluding hydrogens is 242 g/mol. The Bertz CT molecular complexity index is 510. The van der Waals surface area contributed by atoms with Crippen molar-refractivity contribution < 1.29 is 18.3 Å². The number of carbonyl (C=O) groups is 1. The monoisotopic (exact) mass is 257 g/mol. The molecule has 0 radical (unpaired) electrons. The van der Waals surface area contributed by atoms with Gasteiger partial charge in [0.05, 0.1) is 4.90 Å². The summed E-state index contributed by atoms with van der Waals surface area (Å²) in [4.78, 5) is 11.0. The second-order valence-electron chi connectivity index (χ2n) is 3.71. The summed E-state index contributed by atoms with van der Waals surface area (Å²) in [5.41, 5.74) is 5.79. The van der Waals surface area contributed by atoms with E-state index in [-0.39, 0.29) is 17.9 Å². The van der Waals surface area contributed by atoms with Crippen LogP contribution in [0.4, 0.5) is 0 Å². The van der Waals surface area contributed by atoms with Crippen LogP contribution in [0.25, 0.3) is 0 Å². The zero-order valence-electron chi connectivity index (χ0n) is 9.46. The van der Waals surface area contributed by atoms with E-state index < -0.39 is 21.1 Å². The normalized spacial score (nSPS) is 13.3. The van der Waals surface area contributed by atoms with Gasteiger partial charge in [0, 0.05) is 0 Å². The van der Waals surface area contributed by atoms with Crippen LogP contribution in [0.2, 0.25) is 0 Å². The minimum Gasteiger partial charge on any atom is -0.480 e. The van der Waals surface area contributed by atoms with E-state index in [1.54, 1.807) is 25.1 Å². The van der Waals surface area contributed by atoms with E-state index in [0.29, 0.717) is 5.56 Å². The molecule has 0 saturated heterocycles. The number of carboxylic acids is 1. The maximum absolute atomic E-state index is 12.1. The van der Waals surface area contributed by atoms with Crippen molar-refractivity contribution in [1.29, 1.82) is 0 Å². The van der Waals surface area contributed by atoms with Gasteiger partial charge in [-0.1, -0.05) is 18.2 Å². The smallest absolute Gasteiger partial charge is 0.322 e. The van der Waals surface area contributed by atoms with Crippen LogP contribution in [0.5, 0.6) is 0 Å². The number of hydrogen-bond donors (Lipinski definition) is 2. The number of aryl methyl sites for hydroxylation is 1. The zero-order chi connectivity index (χ0) is 13.1. The predicted octanol–water partition coefficient (Wildman–Crippen LogP) is 0.571. The van der Waals surface area contributed by atoms with E-state index in [9.17, 15) is 13.2 Å². The summed E-state index contributed by atoms with van der Waals surface area (Å²) in [6.07, 6.45) is -0.0913. The quantitative estimate of drug-likeness (QED) is 0.803. The first-order chi connectivity index (χ1) is 7.91. The third kappa shape index (κ3) is 2.83. The molecule has 6 heteroatoms. The number of nitrogens with two attached hydrogens (primary N) is 1. The lowest BCUT2D eigenvalue weighted by atomic mass is 10.2. The summed E-state index contributed by atoms with van der Waals surface area (Å²) in [6, 6.07) is 6.32. The molecule has 0 spiro atoms. The van der Waals surface area contributed by atoms with Gasteiger partial charge in [-0.15, -0.1) is 0 Å². The summed E-state index contributed by atoms with van der Waals surface area (Å²) in [5, 5.41) is 7.48. The molecule has 3 N–H and O–H groups in total. The molecule has 1 aromatic carbocycles. The third-order valence-corrected chi connectivity index (χ3v) is 4.74. The van der Waals surface area contributed by atoms with E-state index in [1.165, 1.54) is 6.07 Å². The maximum Gasteiger partial charge on any atom is 0.322 e. The second-order valence-corrected chi connectivity index (χ2v) is 5.81. The highest BCUT2D eigenvalue weighted by Gasteiger charge is 2.33. The van der Waals surface area contributed by atoms with Gasteiger partial charge in [-0.3, -0.25) is 4.79 Å². The molecular formula is C11H15NO4S. The van der Waals surface area contributed by atoms with Gasteiger partial charge in [0.15, 0.2) is 15.1 Å². The topological polar surface area (TPSA) is 97.5 Å². The van der Waals surface area contributed by atoms with E-state index in [4.69, 9.17) is 10.8 Å². The number of hydrogen-bond acceptors (Lipinski definition) is 4. The van der Waals surface area contributed by atoms with Crippen LogP contribution in [0.15, 0.2) is 29.2 Å². The number of aliphatic carboxylic acids is 1. The summed E-state index contributed by atoms with van der Waals surface area (Å²) in [7, 11) is -3.87. The number of benzene rings is 1. The largest absolute Gasteiger partial charge is 0.480 e. The highest BCUT2D eigenvalue weighted by atomic mass is 32.2. The molecule has 1 aromatic rings. The summed E-state index contributed by atoms with van der Waals surface area (Å²) >= 11 is 0. The van der Waals surface area contributed by atoms with E-state index in [0.717, 1.165) is 0 Å². The molecule has 0 heterocycles. The van der Waals surface area contributed by atoms with Crippen molar-refractivity contribution in [1.82, 2.24) is 0 Å². The average Bonchev–Trinajstić information content (AvgIpc) is 2.25. The van der Waals surface area contributed by atoms with Crippen LogP contribution in [0.3, 0.4) is 0 Å². The fraction of sp³-hybridized carbons (Fsp3) is 0.364. The Labute approximate surface area is 100 Å². The lowest BCUT2D eigenvalue weighted by molar-refractivity contribution is -0.136. The molecule has 0 amide bonds. The zero-order valence-corrected chi connectivity index (χ0v) is 10.3. The molecule has 0 aliphatic carbocycles. The van der Waals surface area contributed by atoms with Gasteiger partial charge in [-0.2, -0.15) is 0 Å². The molecule has 0 aromatic heterocycles. The van der Waals surface area contributed by atoms with Crippen molar-refractivity contribution in [2.45, 2.75) is 23.5 Å². The van der Waals surface area contributed by atoms with Crippen LogP contribution in [-0.2, 0) is 14.6 Å². The molecule has 0 aliphatic heterocycles. The second kappa shape index (κ2) is 5.29. The van der Waals surface area contributed by atoms with E-state index in [1.807, 2.05) is 0 Å². The third-order valence-electron chi connectivity index (χ3n) is 2.48. The van der Waals surface area contributed by atoms with Gasteiger partial charge in [0.1, 0.15) is 0 Å². The van der Waals surface area contributed by atoms with Crippen LogP contribution in [-0.4, -0.2) is 31.3 Å². The fourth-order valence-corrected chi connectivity index (χ4v) is 3.40. The van der Waals surface area contributed by atoms with Gasteiger partial charge in [-0.05, 0) is 31.5 Å². The Morgan fingerprint density at radius 2 is 2.00 bits per heavy atom. The van der Waals surface area contributed by atoms with Crippen LogP contribution < -0.4 is 5.73 Å². The number of rotatable bonds is 5. The Balaban J connectivity index is 3.27. The molecule has 1 atom stereocenters. The predicted molar refractivity (Wildman–Crippen MR) is 63.5 cm³/mol. The fourth-order valence-electron chi connectivity index (χ4n) is 1.59. The first kappa shape index (κ1) is 13.7. The van der Waals surface area contributed by atoms with Crippen molar-refractivity contribution in [2.24, 2.45) is 5.73 Å². The Morgan fingerprint density at radius 1 is 1.41 bits per heavy atom. The minimum atomic E-state index is -3.87. The van der Waals surface area contributed by atoms with E-state index in [2.05, 4.69) is 0 Å².